The average Bonchev–Trinajstić information content (AvgIpc) is 2.98. The van der Waals surface area contributed by atoms with Crippen LogP contribution in [-0.4, -0.2) is 48.9 Å². The summed E-state index contributed by atoms with van der Waals surface area (Å²) in [6.45, 7) is 0.760. The second-order valence-electron chi connectivity index (χ2n) is 6.98. The van der Waals surface area contributed by atoms with Crippen LogP contribution in [0.2, 0.25) is 0 Å². The number of para-hydroxylation sites is 1. The smallest absolute Gasteiger partial charge is 0.325 e. The van der Waals surface area contributed by atoms with Crippen molar-refractivity contribution in [2.45, 2.75) is 12.5 Å². The Kier molecular flexibility index (Phi) is 6.59. The Hall–Kier alpha value is -3.40. The summed E-state index contributed by atoms with van der Waals surface area (Å²) in [5.74, 6) is -1.03. The molecule has 0 spiro atoms. The molecule has 3 rings (SSSR count). The number of halogens is 1. The van der Waals surface area contributed by atoms with Gasteiger partial charge < -0.3 is 20.7 Å². The Morgan fingerprint density at radius 3 is 2.42 bits per heavy atom. The second kappa shape index (κ2) is 9.17. The summed E-state index contributed by atoms with van der Waals surface area (Å²) in [4.78, 5) is 50.4. The maximum absolute atomic E-state index is 12.9. The highest BCUT2D eigenvalue weighted by molar-refractivity contribution is 9.10. The number of imide groups is 1. The predicted molar refractivity (Wildman–Crippen MR) is 116 cm³/mol. The Morgan fingerprint density at radius 2 is 1.77 bits per heavy atom. The first kappa shape index (κ1) is 22.3. The van der Waals surface area contributed by atoms with Gasteiger partial charge in [0.1, 0.15) is 17.8 Å². The van der Waals surface area contributed by atoms with E-state index in [-0.39, 0.29) is 6.54 Å². The van der Waals surface area contributed by atoms with Crippen LogP contribution in [0.15, 0.2) is 53.0 Å². The van der Waals surface area contributed by atoms with Gasteiger partial charge in [-0.15, -0.1) is 0 Å². The fourth-order valence-electron chi connectivity index (χ4n) is 3.10. The van der Waals surface area contributed by atoms with Crippen molar-refractivity contribution in [3.05, 3.63) is 58.6 Å². The van der Waals surface area contributed by atoms with E-state index in [0.29, 0.717) is 21.5 Å². The number of urea groups is 1. The largest absolute Gasteiger partial charge is 0.497 e. The molecule has 10 heteroatoms. The summed E-state index contributed by atoms with van der Waals surface area (Å²) in [6.07, 6.45) is 0. The van der Waals surface area contributed by atoms with Gasteiger partial charge in [0.2, 0.25) is 11.8 Å². The standard InChI is InChI=1S/C21H21BrN4O5/c1-21(13-7-9-14(31-2)10-8-13)19(29)26(20(30)25-21)12-18(28)23-11-17(27)24-16-6-4-3-5-15(16)22/h3-10H,11-12H2,1-2H3,(H,23,28)(H,24,27)(H,25,30). The van der Waals surface area contributed by atoms with Gasteiger partial charge >= 0.3 is 6.03 Å². The number of methoxy groups -OCH3 is 1. The highest BCUT2D eigenvalue weighted by Crippen LogP contribution is 2.29. The van der Waals surface area contributed by atoms with Crippen LogP contribution in [0.4, 0.5) is 10.5 Å². The molecule has 1 unspecified atom stereocenters. The molecule has 0 bridgehead atoms. The zero-order valence-corrected chi connectivity index (χ0v) is 18.5. The first-order valence-electron chi connectivity index (χ1n) is 9.34. The first-order chi connectivity index (χ1) is 14.7. The molecule has 31 heavy (non-hydrogen) atoms. The normalized spacial score (nSPS) is 17.8. The van der Waals surface area contributed by atoms with Crippen molar-refractivity contribution in [1.82, 2.24) is 15.5 Å². The van der Waals surface area contributed by atoms with Gasteiger partial charge in [0.15, 0.2) is 0 Å². The van der Waals surface area contributed by atoms with Crippen molar-refractivity contribution in [3.8, 4) is 5.75 Å². The molecule has 1 atom stereocenters. The van der Waals surface area contributed by atoms with Gasteiger partial charge in [-0.05, 0) is 52.7 Å². The number of nitrogens with one attached hydrogen (secondary N) is 3. The van der Waals surface area contributed by atoms with Crippen LogP contribution < -0.4 is 20.7 Å². The van der Waals surface area contributed by atoms with Gasteiger partial charge in [-0.3, -0.25) is 19.3 Å². The topological polar surface area (TPSA) is 117 Å². The third kappa shape index (κ3) is 4.85. The van der Waals surface area contributed by atoms with Gasteiger partial charge in [-0.1, -0.05) is 24.3 Å². The maximum atomic E-state index is 12.9. The van der Waals surface area contributed by atoms with E-state index in [9.17, 15) is 19.2 Å². The lowest BCUT2D eigenvalue weighted by molar-refractivity contribution is -0.135. The van der Waals surface area contributed by atoms with Gasteiger partial charge in [0.25, 0.3) is 5.91 Å². The molecule has 5 amide bonds. The predicted octanol–water partition coefficient (Wildman–Crippen LogP) is 1.98. The van der Waals surface area contributed by atoms with E-state index in [1.165, 1.54) is 7.11 Å². The Balaban J connectivity index is 1.58. The highest BCUT2D eigenvalue weighted by Gasteiger charge is 2.49. The molecule has 1 heterocycles. The molecule has 1 fully saturated rings. The van der Waals surface area contributed by atoms with E-state index in [2.05, 4.69) is 31.9 Å². The van der Waals surface area contributed by atoms with Crippen LogP contribution >= 0.6 is 15.9 Å². The molecule has 2 aromatic carbocycles. The molecular formula is C21H21BrN4O5. The van der Waals surface area contributed by atoms with Gasteiger partial charge in [-0.25, -0.2) is 4.79 Å². The monoisotopic (exact) mass is 488 g/mol. The maximum Gasteiger partial charge on any atom is 0.325 e. The van der Waals surface area contributed by atoms with E-state index in [1.54, 1.807) is 55.5 Å². The molecule has 1 aliphatic rings. The van der Waals surface area contributed by atoms with E-state index in [4.69, 9.17) is 4.74 Å². The summed E-state index contributed by atoms with van der Waals surface area (Å²) < 4.78 is 5.81. The number of amides is 5. The van der Waals surface area contributed by atoms with Crippen molar-refractivity contribution in [2.24, 2.45) is 0 Å². The molecule has 0 saturated carbocycles. The van der Waals surface area contributed by atoms with Crippen molar-refractivity contribution in [1.29, 1.82) is 0 Å². The van der Waals surface area contributed by atoms with E-state index < -0.39 is 35.8 Å². The number of ether oxygens (including phenoxy) is 1. The van der Waals surface area contributed by atoms with E-state index >= 15 is 0 Å². The van der Waals surface area contributed by atoms with Crippen LogP contribution in [0.1, 0.15) is 12.5 Å². The van der Waals surface area contributed by atoms with Crippen LogP contribution in [0, 0.1) is 0 Å². The number of benzene rings is 2. The Labute approximate surface area is 187 Å². The molecule has 162 valence electrons. The fraction of sp³-hybridized carbons (Fsp3) is 0.238. The van der Waals surface area contributed by atoms with E-state index in [1.807, 2.05) is 0 Å². The van der Waals surface area contributed by atoms with Gasteiger partial charge in [0, 0.05) is 4.47 Å². The summed E-state index contributed by atoms with van der Waals surface area (Å²) in [6, 6.07) is 13.1. The summed E-state index contributed by atoms with van der Waals surface area (Å²) in [7, 11) is 1.53. The minimum Gasteiger partial charge on any atom is -0.497 e. The average molecular weight is 489 g/mol. The zero-order valence-electron chi connectivity index (χ0n) is 16.9. The van der Waals surface area contributed by atoms with Crippen LogP contribution in [-0.2, 0) is 19.9 Å². The highest BCUT2D eigenvalue weighted by atomic mass is 79.9. The quantitative estimate of drug-likeness (QED) is 0.515. The SMILES string of the molecule is COc1ccc(C2(C)NC(=O)N(CC(=O)NCC(=O)Nc3ccccc3Br)C2=O)cc1. The lowest BCUT2D eigenvalue weighted by Gasteiger charge is -2.22. The molecule has 0 aromatic heterocycles. The first-order valence-corrected chi connectivity index (χ1v) is 10.1. The number of rotatable bonds is 7. The number of nitrogens with zero attached hydrogens (tertiary/aromatic N) is 1. The minimum absolute atomic E-state index is 0.306. The van der Waals surface area contributed by atoms with Crippen LogP contribution in [0.5, 0.6) is 5.75 Å². The van der Waals surface area contributed by atoms with Crippen LogP contribution in [0.25, 0.3) is 0 Å². The fourth-order valence-corrected chi connectivity index (χ4v) is 3.48. The number of carbonyl (C=O) groups excluding carboxylic acids is 4. The van der Waals surface area contributed by atoms with Crippen molar-refractivity contribution in [2.75, 3.05) is 25.5 Å². The molecule has 1 aliphatic heterocycles. The molecular weight excluding hydrogens is 468 g/mol. The molecule has 1 saturated heterocycles. The van der Waals surface area contributed by atoms with Crippen molar-refractivity contribution < 1.29 is 23.9 Å². The third-order valence-corrected chi connectivity index (χ3v) is 5.53. The lowest BCUT2D eigenvalue weighted by Crippen LogP contribution is -2.44. The number of carbonyl (C=O) groups is 4. The number of hydrogen-bond donors (Lipinski definition) is 3. The minimum atomic E-state index is -1.30. The molecule has 0 aliphatic carbocycles. The van der Waals surface area contributed by atoms with Crippen molar-refractivity contribution >= 4 is 45.4 Å². The van der Waals surface area contributed by atoms with Gasteiger partial charge in [-0.2, -0.15) is 0 Å². The second-order valence-corrected chi connectivity index (χ2v) is 7.83. The summed E-state index contributed by atoms with van der Waals surface area (Å²) in [5, 5.41) is 7.69. The zero-order chi connectivity index (χ0) is 22.6. The lowest BCUT2D eigenvalue weighted by atomic mass is 9.92. The summed E-state index contributed by atoms with van der Waals surface area (Å²) in [5.41, 5.74) is -0.186. The van der Waals surface area contributed by atoms with Crippen LogP contribution in [0.3, 0.4) is 0 Å². The number of hydrogen-bond acceptors (Lipinski definition) is 5. The Morgan fingerprint density at radius 1 is 1.10 bits per heavy atom. The van der Waals surface area contributed by atoms with Crippen molar-refractivity contribution in [3.63, 3.8) is 0 Å². The molecule has 9 nitrogen and oxygen atoms in total. The summed E-state index contributed by atoms with van der Waals surface area (Å²) >= 11 is 3.32. The molecule has 2 aromatic rings. The van der Waals surface area contributed by atoms with Gasteiger partial charge in [0.05, 0.1) is 19.3 Å². The number of anilines is 1. The Bertz CT molecular complexity index is 1030. The van der Waals surface area contributed by atoms with E-state index in [0.717, 1.165) is 4.90 Å². The molecule has 3 N–H and O–H groups in total. The third-order valence-electron chi connectivity index (χ3n) is 4.84. The molecule has 0 radical (unpaired) electrons.